The number of amides is 1. The predicted octanol–water partition coefficient (Wildman–Crippen LogP) is 2.31. The number of nitrogen functional groups attached to an aromatic ring is 1. The molecule has 0 bridgehead atoms. The predicted molar refractivity (Wildman–Crippen MR) is 77.3 cm³/mol. The molecule has 4 N–H and O–H groups in total. The monoisotopic (exact) mass is 278 g/mol. The Balaban J connectivity index is 2.27. The lowest BCUT2D eigenvalue weighted by Gasteiger charge is -2.23. The van der Waals surface area contributed by atoms with Crippen molar-refractivity contribution >= 4 is 27.9 Å². The van der Waals surface area contributed by atoms with E-state index in [4.69, 9.17) is 11.0 Å². The standard InChI is InChI=1S/C13H18N4OS/c1-16-12(18)10-11(15)9(7-14)19-13(10)17-8-5-3-2-4-6-8/h8,17H,2-6,15H2,1H3,(H,16,18). The van der Waals surface area contributed by atoms with Gasteiger partial charge in [-0.3, -0.25) is 4.79 Å². The van der Waals surface area contributed by atoms with Gasteiger partial charge >= 0.3 is 0 Å². The molecule has 0 unspecified atom stereocenters. The molecule has 1 aromatic rings. The molecule has 0 aromatic carbocycles. The highest BCUT2D eigenvalue weighted by Gasteiger charge is 2.23. The Labute approximate surface area is 116 Å². The fourth-order valence-electron chi connectivity index (χ4n) is 2.41. The maximum Gasteiger partial charge on any atom is 0.256 e. The highest BCUT2D eigenvalue weighted by atomic mass is 32.1. The number of nitrogens with two attached hydrogens (primary N) is 1. The van der Waals surface area contributed by atoms with Crippen molar-refractivity contribution in [1.29, 1.82) is 5.26 Å². The Kier molecular flexibility index (Phi) is 4.27. The number of nitrogens with zero attached hydrogens (tertiary/aromatic N) is 1. The van der Waals surface area contributed by atoms with E-state index in [1.54, 1.807) is 7.05 Å². The summed E-state index contributed by atoms with van der Waals surface area (Å²) in [6.45, 7) is 0. The summed E-state index contributed by atoms with van der Waals surface area (Å²) in [5.41, 5.74) is 6.58. The molecular weight excluding hydrogens is 260 g/mol. The summed E-state index contributed by atoms with van der Waals surface area (Å²) in [6.07, 6.45) is 5.90. The first-order valence-electron chi connectivity index (χ1n) is 6.48. The third-order valence-corrected chi connectivity index (χ3v) is 4.48. The molecule has 19 heavy (non-hydrogen) atoms. The molecule has 0 saturated heterocycles. The van der Waals surface area contributed by atoms with Gasteiger partial charge in [-0.05, 0) is 12.8 Å². The average Bonchev–Trinajstić information content (AvgIpc) is 2.75. The first kappa shape index (κ1) is 13.7. The highest BCUT2D eigenvalue weighted by molar-refractivity contribution is 7.17. The third-order valence-electron chi connectivity index (χ3n) is 3.44. The number of rotatable bonds is 3. The molecule has 102 valence electrons. The first-order valence-corrected chi connectivity index (χ1v) is 7.30. The van der Waals surface area contributed by atoms with E-state index >= 15 is 0 Å². The summed E-state index contributed by atoms with van der Waals surface area (Å²) in [5, 5.41) is 15.7. The second kappa shape index (κ2) is 5.93. The first-order chi connectivity index (χ1) is 9.17. The molecule has 0 spiro atoms. The number of nitriles is 1. The molecule has 1 fully saturated rings. The lowest BCUT2D eigenvalue weighted by atomic mass is 9.95. The normalized spacial score (nSPS) is 15.8. The van der Waals surface area contributed by atoms with Gasteiger partial charge in [0.2, 0.25) is 0 Å². The van der Waals surface area contributed by atoms with Crippen LogP contribution in [0.2, 0.25) is 0 Å². The van der Waals surface area contributed by atoms with Gasteiger partial charge < -0.3 is 16.4 Å². The van der Waals surface area contributed by atoms with Crippen LogP contribution in [0.3, 0.4) is 0 Å². The molecule has 1 heterocycles. The summed E-state index contributed by atoms with van der Waals surface area (Å²) in [7, 11) is 1.57. The number of anilines is 2. The largest absolute Gasteiger partial charge is 0.396 e. The lowest BCUT2D eigenvalue weighted by Crippen LogP contribution is -2.25. The highest BCUT2D eigenvalue weighted by Crippen LogP contribution is 2.36. The van der Waals surface area contributed by atoms with Gasteiger partial charge in [-0.25, -0.2) is 0 Å². The molecule has 5 nitrogen and oxygen atoms in total. The van der Waals surface area contributed by atoms with Crippen molar-refractivity contribution in [3.05, 3.63) is 10.4 Å². The van der Waals surface area contributed by atoms with Crippen LogP contribution >= 0.6 is 11.3 Å². The minimum Gasteiger partial charge on any atom is -0.396 e. The molecule has 1 saturated carbocycles. The van der Waals surface area contributed by atoms with Gasteiger partial charge in [0.05, 0.1) is 11.3 Å². The van der Waals surface area contributed by atoms with Crippen LogP contribution in [0.4, 0.5) is 10.7 Å². The molecule has 1 amide bonds. The van der Waals surface area contributed by atoms with Gasteiger partial charge in [-0.2, -0.15) is 5.26 Å². The van der Waals surface area contributed by atoms with Gasteiger partial charge in [0, 0.05) is 13.1 Å². The topological polar surface area (TPSA) is 90.9 Å². The number of hydrogen-bond donors (Lipinski definition) is 3. The summed E-state index contributed by atoms with van der Waals surface area (Å²) < 4.78 is 0. The lowest BCUT2D eigenvalue weighted by molar-refractivity contribution is 0.0965. The van der Waals surface area contributed by atoms with Crippen molar-refractivity contribution < 1.29 is 4.79 Å². The zero-order chi connectivity index (χ0) is 13.8. The van der Waals surface area contributed by atoms with Crippen molar-refractivity contribution in [2.24, 2.45) is 0 Å². The van der Waals surface area contributed by atoms with Crippen molar-refractivity contribution in [3.63, 3.8) is 0 Å². The van der Waals surface area contributed by atoms with Crippen LogP contribution in [0.1, 0.15) is 47.3 Å². The summed E-state index contributed by atoms with van der Waals surface area (Å²) in [4.78, 5) is 12.3. The Bertz CT molecular complexity index is 511. The van der Waals surface area contributed by atoms with Crippen LogP contribution in [-0.4, -0.2) is 19.0 Å². The summed E-state index contributed by atoms with van der Waals surface area (Å²) in [5.74, 6) is -0.242. The van der Waals surface area contributed by atoms with Crippen LogP contribution in [-0.2, 0) is 0 Å². The number of carbonyl (C=O) groups is 1. The molecule has 2 rings (SSSR count). The number of nitrogens with one attached hydrogen (secondary N) is 2. The van der Waals surface area contributed by atoms with Crippen molar-refractivity contribution in [1.82, 2.24) is 5.32 Å². The molecule has 0 aliphatic heterocycles. The Morgan fingerprint density at radius 1 is 1.42 bits per heavy atom. The van der Waals surface area contributed by atoms with Gasteiger partial charge in [-0.1, -0.05) is 19.3 Å². The minimum atomic E-state index is -0.242. The molecule has 6 heteroatoms. The maximum absolute atomic E-state index is 11.9. The van der Waals surface area contributed by atoms with E-state index in [1.807, 2.05) is 6.07 Å². The van der Waals surface area contributed by atoms with E-state index in [0.29, 0.717) is 16.5 Å². The Hall–Kier alpha value is -1.74. The fraction of sp³-hybridized carbons (Fsp3) is 0.538. The second-order valence-electron chi connectivity index (χ2n) is 4.72. The molecular formula is C13H18N4OS. The van der Waals surface area contributed by atoms with E-state index < -0.39 is 0 Å². The smallest absolute Gasteiger partial charge is 0.256 e. The zero-order valence-corrected chi connectivity index (χ0v) is 11.8. The number of hydrogen-bond acceptors (Lipinski definition) is 5. The van der Waals surface area contributed by atoms with Crippen molar-refractivity contribution in [3.8, 4) is 6.07 Å². The molecule has 1 aliphatic carbocycles. The third kappa shape index (κ3) is 2.82. The molecule has 1 aliphatic rings. The second-order valence-corrected chi connectivity index (χ2v) is 5.74. The molecule has 0 atom stereocenters. The van der Waals surface area contributed by atoms with E-state index in [-0.39, 0.29) is 11.6 Å². The maximum atomic E-state index is 11.9. The molecule has 1 aromatic heterocycles. The average molecular weight is 278 g/mol. The summed E-state index contributed by atoms with van der Waals surface area (Å²) in [6, 6.07) is 2.42. The fourth-order valence-corrected chi connectivity index (χ4v) is 3.40. The van der Waals surface area contributed by atoms with Crippen LogP contribution < -0.4 is 16.4 Å². The van der Waals surface area contributed by atoms with Gasteiger partial charge in [0.1, 0.15) is 15.9 Å². The quantitative estimate of drug-likeness (QED) is 0.791. The van der Waals surface area contributed by atoms with Gasteiger partial charge in [-0.15, -0.1) is 11.3 Å². The van der Waals surface area contributed by atoms with Gasteiger partial charge in [0.25, 0.3) is 5.91 Å². The van der Waals surface area contributed by atoms with E-state index in [1.165, 1.54) is 30.6 Å². The van der Waals surface area contributed by atoms with Crippen LogP contribution in [0.25, 0.3) is 0 Å². The molecule has 0 radical (unpaired) electrons. The Morgan fingerprint density at radius 3 is 2.68 bits per heavy atom. The van der Waals surface area contributed by atoms with Gasteiger partial charge in [0.15, 0.2) is 0 Å². The number of thiophene rings is 1. The SMILES string of the molecule is CNC(=O)c1c(NC2CCCCC2)sc(C#N)c1N. The van der Waals surface area contributed by atoms with Crippen molar-refractivity contribution in [2.45, 2.75) is 38.1 Å². The van der Waals surface area contributed by atoms with Crippen LogP contribution in [0.5, 0.6) is 0 Å². The minimum absolute atomic E-state index is 0.242. The summed E-state index contributed by atoms with van der Waals surface area (Å²) >= 11 is 1.27. The Morgan fingerprint density at radius 2 is 2.11 bits per heavy atom. The van der Waals surface area contributed by atoms with E-state index in [2.05, 4.69) is 10.6 Å². The van der Waals surface area contributed by atoms with Crippen LogP contribution in [0, 0.1) is 11.3 Å². The van der Waals surface area contributed by atoms with E-state index in [0.717, 1.165) is 17.8 Å². The zero-order valence-electron chi connectivity index (χ0n) is 11.0. The van der Waals surface area contributed by atoms with Crippen molar-refractivity contribution in [2.75, 3.05) is 18.1 Å². The number of carbonyl (C=O) groups excluding carboxylic acids is 1. The van der Waals surface area contributed by atoms with Crippen LogP contribution in [0.15, 0.2) is 0 Å². The van der Waals surface area contributed by atoms with E-state index in [9.17, 15) is 4.79 Å².